The number of pyridine rings is 1. The number of carbonyl (C=O) groups excluding carboxylic acids is 4. The molecule has 0 unspecified atom stereocenters. The van der Waals surface area contributed by atoms with Gasteiger partial charge in [0.05, 0.1) is 6.04 Å². The van der Waals surface area contributed by atoms with Gasteiger partial charge >= 0.3 is 11.9 Å². The highest BCUT2D eigenvalue weighted by atomic mass is 16.6. The zero-order valence-electron chi connectivity index (χ0n) is 25.5. The SMILES string of the molecule is CC(C)(C)OC(=O)[C@H](Cc1ccccc1)NC(=O)[C@H](CCC(=O)O)NC(=O)[C@@H](N)CCCCNC(=O)/C=C/c1cccnc1. The molecule has 2 rings (SSSR count). The van der Waals surface area contributed by atoms with Crippen molar-refractivity contribution in [2.24, 2.45) is 5.73 Å². The minimum atomic E-state index is -1.24. The number of aromatic nitrogens is 1. The molecule has 0 aliphatic heterocycles. The molecule has 0 saturated carbocycles. The van der Waals surface area contributed by atoms with Crippen LogP contribution in [0.3, 0.4) is 0 Å². The summed E-state index contributed by atoms with van der Waals surface area (Å²) in [6.45, 7) is 5.50. The Morgan fingerprint density at radius 1 is 0.955 bits per heavy atom. The molecule has 12 nitrogen and oxygen atoms in total. The van der Waals surface area contributed by atoms with E-state index in [4.69, 9.17) is 10.5 Å². The summed E-state index contributed by atoms with van der Waals surface area (Å²) >= 11 is 0. The summed E-state index contributed by atoms with van der Waals surface area (Å²) in [6, 6.07) is 9.34. The first kappa shape index (κ1) is 35.6. The predicted molar refractivity (Wildman–Crippen MR) is 165 cm³/mol. The smallest absolute Gasteiger partial charge is 0.329 e. The quantitative estimate of drug-likeness (QED) is 0.102. The third kappa shape index (κ3) is 14.5. The number of hydrogen-bond donors (Lipinski definition) is 5. The number of hydrogen-bond acceptors (Lipinski definition) is 8. The van der Waals surface area contributed by atoms with Crippen LogP contribution < -0.4 is 21.7 Å². The van der Waals surface area contributed by atoms with Crippen molar-refractivity contribution in [1.29, 1.82) is 0 Å². The topological polar surface area (TPSA) is 190 Å². The van der Waals surface area contributed by atoms with Gasteiger partial charge in [-0.25, -0.2) is 4.79 Å². The molecule has 0 radical (unpaired) electrons. The van der Waals surface area contributed by atoms with Crippen molar-refractivity contribution in [2.45, 2.75) is 83.0 Å². The first-order valence-electron chi connectivity index (χ1n) is 14.5. The van der Waals surface area contributed by atoms with Crippen molar-refractivity contribution in [3.8, 4) is 0 Å². The van der Waals surface area contributed by atoms with Crippen LogP contribution in [0.15, 0.2) is 60.9 Å². The van der Waals surface area contributed by atoms with Crippen LogP contribution in [0.5, 0.6) is 0 Å². The molecule has 0 saturated heterocycles. The average molecular weight is 610 g/mol. The van der Waals surface area contributed by atoms with Gasteiger partial charge in [-0.1, -0.05) is 36.4 Å². The van der Waals surface area contributed by atoms with Crippen LogP contribution in [0.25, 0.3) is 6.08 Å². The van der Waals surface area contributed by atoms with Crippen molar-refractivity contribution in [3.63, 3.8) is 0 Å². The van der Waals surface area contributed by atoms with Crippen molar-refractivity contribution < 1.29 is 33.8 Å². The molecule has 1 aromatic heterocycles. The van der Waals surface area contributed by atoms with Gasteiger partial charge in [-0.2, -0.15) is 0 Å². The zero-order chi connectivity index (χ0) is 32.5. The summed E-state index contributed by atoms with van der Waals surface area (Å²) in [6.07, 6.45) is 7.23. The summed E-state index contributed by atoms with van der Waals surface area (Å²) in [5.74, 6) is -3.42. The van der Waals surface area contributed by atoms with Gasteiger partial charge in [0.2, 0.25) is 17.7 Å². The molecule has 2 aromatic rings. The normalized spacial score (nSPS) is 13.4. The van der Waals surface area contributed by atoms with E-state index >= 15 is 0 Å². The van der Waals surface area contributed by atoms with Crippen LogP contribution in [0.1, 0.15) is 64.0 Å². The van der Waals surface area contributed by atoms with Crippen molar-refractivity contribution >= 4 is 35.7 Å². The molecule has 0 aliphatic carbocycles. The molecule has 0 aliphatic rings. The number of esters is 1. The van der Waals surface area contributed by atoms with Gasteiger partial charge in [0.15, 0.2) is 0 Å². The summed E-state index contributed by atoms with van der Waals surface area (Å²) in [7, 11) is 0. The van der Waals surface area contributed by atoms with Crippen LogP contribution in [-0.4, -0.2) is 70.0 Å². The fourth-order valence-corrected chi connectivity index (χ4v) is 4.04. The highest BCUT2D eigenvalue weighted by Crippen LogP contribution is 2.12. The number of carbonyl (C=O) groups is 5. The molecule has 1 aromatic carbocycles. The Balaban J connectivity index is 1.93. The Morgan fingerprint density at radius 2 is 1.66 bits per heavy atom. The third-order valence-corrected chi connectivity index (χ3v) is 6.26. The maximum atomic E-state index is 13.3. The molecule has 44 heavy (non-hydrogen) atoms. The molecule has 3 atom stereocenters. The van der Waals surface area contributed by atoms with Crippen LogP contribution in [0, 0.1) is 0 Å². The van der Waals surface area contributed by atoms with Gasteiger partial charge < -0.3 is 31.5 Å². The average Bonchev–Trinajstić information content (AvgIpc) is 2.97. The third-order valence-electron chi connectivity index (χ3n) is 6.26. The minimum Gasteiger partial charge on any atom is -0.481 e. The van der Waals surface area contributed by atoms with Gasteiger partial charge in [-0.15, -0.1) is 0 Å². The summed E-state index contributed by atoms with van der Waals surface area (Å²) in [5, 5.41) is 17.1. The van der Waals surface area contributed by atoms with E-state index in [1.165, 1.54) is 6.08 Å². The Kier molecular flexibility index (Phi) is 14.7. The number of nitrogens with two attached hydrogens (primary N) is 1. The molecule has 0 fully saturated rings. The number of ether oxygens (including phenoxy) is 1. The number of carboxylic acids is 1. The van der Waals surface area contributed by atoms with Gasteiger partial charge in [-0.05, 0) is 69.7 Å². The summed E-state index contributed by atoms with van der Waals surface area (Å²) in [4.78, 5) is 66.3. The Morgan fingerprint density at radius 3 is 2.30 bits per heavy atom. The summed E-state index contributed by atoms with van der Waals surface area (Å²) in [5.41, 5.74) is 6.83. The van der Waals surface area contributed by atoms with Gasteiger partial charge in [0, 0.05) is 37.9 Å². The van der Waals surface area contributed by atoms with E-state index in [-0.39, 0.29) is 25.2 Å². The van der Waals surface area contributed by atoms with E-state index in [1.54, 1.807) is 69.6 Å². The first-order chi connectivity index (χ1) is 20.8. The van der Waals surface area contributed by atoms with E-state index in [0.29, 0.717) is 19.4 Å². The van der Waals surface area contributed by atoms with E-state index in [9.17, 15) is 29.1 Å². The van der Waals surface area contributed by atoms with Gasteiger partial charge in [-0.3, -0.25) is 24.2 Å². The maximum absolute atomic E-state index is 13.3. The summed E-state index contributed by atoms with van der Waals surface area (Å²) < 4.78 is 5.50. The highest BCUT2D eigenvalue weighted by Gasteiger charge is 2.31. The second-order valence-corrected chi connectivity index (χ2v) is 11.3. The molecule has 6 N–H and O–H groups in total. The Hall–Kier alpha value is -4.58. The molecular formula is C32H43N5O7. The lowest BCUT2D eigenvalue weighted by atomic mass is 10.0. The second-order valence-electron chi connectivity index (χ2n) is 11.3. The molecule has 1 heterocycles. The van der Waals surface area contributed by atoms with Crippen molar-refractivity contribution in [2.75, 3.05) is 6.54 Å². The van der Waals surface area contributed by atoms with Crippen LogP contribution in [-0.2, 0) is 35.1 Å². The largest absolute Gasteiger partial charge is 0.481 e. The predicted octanol–water partition coefficient (Wildman–Crippen LogP) is 2.13. The van der Waals surface area contributed by atoms with Crippen molar-refractivity contribution in [1.82, 2.24) is 20.9 Å². The van der Waals surface area contributed by atoms with E-state index < -0.39 is 53.9 Å². The van der Waals surface area contributed by atoms with E-state index in [1.807, 2.05) is 12.1 Å². The molecule has 238 valence electrons. The first-order valence-corrected chi connectivity index (χ1v) is 14.5. The Labute approximate surface area is 257 Å². The van der Waals surface area contributed by atoms with E-state index in [0.717, 1.165) is 11.1 Å². The molecule has 3 amide bonds. The lowest BCUT2D eigenvalue weighted by molar-refractivity contribution is -0.158. The molecule has 0 bridgehead atoms. The lowest BCUT2D eigenvalue weighted by Crippen LogP contribution is -2.55. The number of amides is 3. The number of unbranched alkanes of at least 4 members (excludes halogenated alkanes) is 1. The molecular weight excluding hydrogens is 566 g/mol. The highest BCUT2D eigenvalue weighted by molar-refractivity contribution is 5.92. The second kappa shape index (κ2) is 18.2. The number of benzene rings is 1. The number of nitrogens with one attached hydrogen (secondary N) is 3. The van der Waals surface area contributed by atoms with Gasteiger partial charge in [0.1, 0.15) is 17.7 Å². The van der Waals surface area contributed by atoms with Crippen LogP contribution >= 0.6 is 0 Å². The standard InChI is InChI=1S/C32H43N5O7/c1-32(2,3)44-31(43)26(20-22-10-5-4-6-11-22)37-30(42)25(15-17-28(39)40)36-29(41)24(33)13-7-8-19-35-27(38)16-14-23-12-9-18-34-21-23/h4-6,9-12,14,16,18,21,24-26H,7-8,13,15,17,19-20,33H2,1-3H3,(H,35,38)(H,36,41)(H,37,42)(H,39,40)/b16-14+/t24-,25-,26-/m0/s1. The molecule has 12 heteroatoms. The number of rotatable bonds is 17. The fraction of sp³-hybridized carbons (Fsp3) is 0.438. The molecule has 0 spiro atoms. The number of nitrogens with zero attached hydrogens (tertiary/aromatic N) is 1. The van der Waals surface area contributed by atoms with Crippen LogP contribution in [0.2, 0.25) is 0 Å². The zero-order valence-corrected chi connectivity index (χ0v) is 25.5. The van der Waals surface area contributed by atoms with Crippen molar-refractivity contribution in [3.05, 3.63) is 72.1 Å². The van der Waals surface area contributed by atoms with Gasteiger partial charge in [0.25, 0.3) is 0 Å². The van der Waals surface area contributed by atoms with Crippen LogP contribution in [0.4, 0.5) is 0 Å². The monoisotopic (exact) mass is 609 g/mol. The fourth-order valence-electron chi connectivity index (χ4n) is 4.04. The number of aliphatic carboxylic acids is 1. The Bertz CT molecular complexity index is 1260. The number of carboxylic acid groups (broad SMARTS) is 1. The lowest BCUT2D eigenvalue weighted by Gasteiger charge is -2.27. The van der Waals surface area contributed by atoms with E-state index in [2.05, 4.69) is 20.9 Å². The maximum Gasteiger partial charge on any atom is 0.329 e. The minimum absolute atomic E-state index is 0.135.